The molecule has 0 fully saturated rings. The third-order valence-corrected chi connectivity index (χ3v) is 9.95. The highest BCUT2D eigenvalue weighted by Crippen LogP contribution is 2.40. The van der Waals surface area contributed by atoms with Crippen molar-refractivity contribution in [3.8, 4) is 17.2 Å². The first-order valence-electron chi connectivity index (χ1n) is 16.4. The summed E-state index contributed by atoms with van der Waals surface area (Å²) in [5.41, 5.74) is 10.8. The van der Waals surface area contributed by atoms with Crippen LogP contribution in [0.3, 0.4) is 0 Å². The Balaban J connectivity index is 1.22. The second-order valence-electron chi connectivity index (χ2n) is 12.6. The van der Waals surface area contributed by atoms with Gasteiger partial charge in [-0.15, -0.1) is 0 Å². The summed E-state index contributed by atoms with van der Waals surface area (Å²) in [6.07, 6.45) is 5.75. The first-order valence-corrected chi connectivity index (χ1v) is 16.4. The lowest BCUT2D eigenvalue weighted by Gasteiger charge is -2.11. The zero-order valence-corrected chi connectivity index (χ0v) is 26.2. The van der Waals surface area contributed by atoms with Crippen LogP contribution in [0.5, 0.6) is 0 Å². The fourth-order valence-electron chi connectivity index (χ4n) is 7.86. The molecule has 0 spiro atoms. The van der Waals surface area contributed by atoms with Crippen LogP contribution in [0.25, 0.3) is 93.6 Å². The van der Waals surface area contributed by atoms with E-state index in [9.17, 15) is 0 Å². The Kier molecular flexibility index (Phi) is 5.29. The Hall–Kier alpha value is -6.79. The van der Waals surface area contributed by atoms with E-state index in [-0.39, 0.29) is 0 Å². The molecule has 6 heteroatoms. The van der Waals surface area contributed by atoms with E-state index in [1.54, 1.807) is 0 Å². The predicted molar refractivity (Wildman–Crippen MR) is 200 cm³/mol. The summed E-state index contributed by atoms with van der Waals surface area (Å²) in [6.45, 7) is 0. The third-order valence-electron chi connectivity index (χ3n) is 9.95. The minimum Gasteiger partial charge on any atom is -0.309 e. The van der Waals surface area contributed by atoms with Crippen LogP contribution in [0.1, 0.15) is 0 Å². The Morgan fingerprint density at radius 1 is 0.367 bits per heavy atom. The van der Waals surface area contributed by atoms with Crippen LogP contribution < -0.4 is 0 Å². The predicted octanol–water partition coefficient (Wildman–Crippen LogP) is 10.3. The van der Waals surface area contributed by atoms with Gasteiger partial charge in [0.05, 0.1) is 50.3 Å². The van der Waals surface area contributed by atoms with Crippen molar-refractivity contribution in [2.24, 2.45) is 0 Å². The fourth-order valence-corrected chi connectivity index (χ4v) is 7.86. The van der Waals surface area contributed by atoms with Gasteiger partial charge in [0, 0.05) is 56.1 Å². The normalized spacial score (nSPS) is 12.1. The molecule has 11 rings (SSSR count). The first kappa shape index (κ1) is 26.3. The topological polar surface area (TPSA) is 53.5 Å². The summed E-state index contributed by atoms with van der Waals surface area (Å²) in [6, 6.07) is 49.5. The smallest absolute Gasteiger partial charge is 0.156 e. The Bertz CT molecular complexity index is 3110. The fraction of sp³-hybridized carbons (Fsp3) is 0. The van der Waals surface area contributed by atoms with Gasteiger partial charge in [0.2, 0.25) is 0 Å². The van der Waals surface area contributed by atoms with Gasteiger partial charge in [-0.3, -0.25) is 14.5 Å². The molecular weight excluding hydrogens is 601 g/mol. The standard InChI is InChI=1S/C43H26N6/c1-2-10-27(11-3-1)47-39-19-18-28(22-31(39)34-25-44-21-20-40(34)47)48-37-16-8-4-12-29(37)32-24-42-33(23-41(32)48)30-13-5-9-17-38(30)49(42)43-26-45-35-14-6-7-15-36(35)46-43/h1-26H. The van der Waals surface area contributed by atoms with Crippen LogP contribution in [0, 0.1) is 0 Å². The lowest BCUT2D eigenvalue weighted by molar-refractivity contribution is 1.08. The summed E-state index contributed by atoms with van der Waals surface area (Å²) >= 11 is 0. The molecule has 5 aromatic heterocycles. The molecule has 0 amide bonds. The molecule has 0 aliphatic carbocycles. The van der Waals surface area contributed by atoms with Crippen molar-refractivity contribution in [3.63, 3.8) is 0 Å². The molecule has 0 saturated carbocycles. The Morgan fingerprint density at radius 3 is 1.76 bits per heavy atom. The maximum absolute atomic E-state index is 5.08. The van der Waals surface area contributed by atoms with Gasteiger partial charge in [-0.25, -0.2) is 4.98 Å². The number of hydrogen-bond acceptors (Lipinski definition) is 3. The van der Waals surface area contributed by atoms with Crippen molar-refractivity contribution in [3.05, 3.63) is 158 Å². The molecule has 49 heavy (non-hydrogen) atoms. The lowest BCUT2D eigenvalue weighted by atomic mass is 10.1. The summed E-state index contributed by atoms with van der Waals surface area (Å²) in [5.74, 6) is 0.807. The molecule has 0 saturated heterocycles. The van der Waals surface area contributed by atoms with Crippen LogP contribution >= 0.6 is 0 Å². The summed E-state index contributed by atoms with van der Waals surface area (Å²) in [7, 11) is 0. The van der Waals surface area contributed by atoms with E-state index in [1.165, 1.54) is 26.9 Å². The van der Waals surface area contributed by atoms with Crippen LogP contribution in [0.2, 0.25) is 0 Å². The van der Waals surface area contributed by atoms with Gasteiger partial charge in [0.1, 0.15) is 0 Å². The zero-order valence-electron chi connectivity index (χ0n) is 26.2. The molecule has 0 unspecified atom stereocenters. The second kappa shape index (κ2) is 9.86. The van der Waals surface area contributed by atoms with E-state index in [0.717, 1.165) is 66.7 Å². The highest BCUT2D eigenvalue weighted by Gasteiger charge is 2.20. The lowest BCUT2D eigenvalue weighted by Crippen LogP contribution is -1.99. The average molecular weight is 627 g/mol. The van der Waals surface area contributed by atoms with E-state index >= 15 is 0 Å². The maximum Gasteiger partial charge on any atom is 0.156 e. The molecule has 0 aliphatic rings. The maximum atomic E-state index is 5.08. The van der Waals surface area contributed by atoms with Crippen LogP contribution in [-0.4, -0.2) is 28.7 Å². The third kappa shape index (κ3) is 3.68. The monoisotopic (exact) mass is 626 g/mol. The number of rotatable bonds is 3. The summed E-state index contributed by atoms with van der Waals surface area (Å²) in [5, 5.41) is 7.05. The minimum atomic E-state index is 0.807. The summed E-state index contributed by atoms with van der Waals surface area (Å²) < 4.78 is 7.00. The van der Waals surface area contributed by atoms with Crippen LogP contribution in [0.15, 0.2) is 158 Å². The molecule has 0 aliphatic heterocycles. The SMILES string of the molecule is c1ccc(-n2c3ccncc3c3cc(-n4c5ccccc5c5cc6c(cc54)c4ccccc4n6-c4cnc5ccccc5n4)ccc32)cc1. The molecule has 0 radical (unpaired) electrons. The molecule has 228 valence electrons. The van der Waals surface area contributed by atoms with E-state index in [1.807, 2.05) is 42.9 Å². The van der Waals surface area contributed by atoms with Crippen molar-refractivity contribution in [2.45, 2.75) is 0 Å². The van der Waals surface area contributed by atoms with Crippen molar-refractivity contribution < 1.29 is 0 Å². The second-order valence-corrected chi connectivity index (χ2v) is 12.6. The molecule has 0 atom stereocenters. The first-order chi connectivity index (χ1) is 24.3. The van der Waals surface area contributed by atoms with Gasteiger partial charge in [-0.05, 0) is 72.8 Å². The Morgan fingerprint density at radius 2 is 0.959 bits per heavy atom. The minimum absolute atomic E-state index is 0.807. The zero-order chi connectivity index (χ0) is 32.1. The van der Waals surface area contributed by atoms with Gasteiger partial charge in [-0.2, -0.15) is 0 Å². The van der Waals surface area contributed by atoms with E-state index in [4.69, 9.17) is 9.97 Å². The number of aromatic nitrogens is 6. The van der Waals surface area contributed by atoms with E-state index < -0.39 is 0 Å². The van der Waals surface area contributed by atoms with Gasteiger partial charge in [-0.1, -0.05) is 66.7 Å². The van der Waals surface area contributed by atoms with Gasteiger partial charge < -0.3 is 9.13 Å². The quantitative estimate of drug-likeness (QED) is 0.196. The Labute approximate surface area is 279 Å². The molecule has 11 aromatic rings. The molecule has 6 aromatic carbocycles. The van der Waals surface area contributed by atoms with Crippen LogP contribution in [0.4, 0.5) is 0 Å². The summed E-state index contributed by atoms with van der Waals surface area (Å²) in [4.78, 5) is 14.4. The van der Waals surface area contributed by atoms with E-state index in [2.05, 4.69) is 134 Å². The van der Waals surface area contributed by atoms with Crippen molar-refractivity contribution in [2.75, 3.05) is 0 Å². The van der Waals surface area contributed by atoms with Crippen LogP contribution in [-0.2, 0) is 0 Å². The number of hydrogen-bond donors (Lipinski definition) is 0. The number of nitrogens with zero attached hydrogens (tertiary/aromatic N) is 6. The number of fused-ring (bicyclic) bond motifs is 10. The number of pyridine rings is 1. The van der Waals surface area contributed by atoms with Crippen molar-refractivity contribution >= 4 is 76.5 Å². The van der Waals surface area contributed by atoms with Crippen molar-refractivity contribution in [1.29, 1.82) is 0 Å². The number of para-hydroxylation sites is 5. The average Bonchev–Trinajstić information content (AvgIpc) is 3.79. The van der Waals surface area contributed by atoms with Crippen molar-refractivity contribution in [1.82, 2.24) is 28.7 Å². The highest BCUT2D eigenvalue weighted by atomic mass is 15.1. The largest absolute Gasteiger partial charge is 0.309 e. The molecule has 6 nitrogen and oxygen atoms in total. The van der Waals surface area contributed by atoms with E-state index in [0.29, 0.717) is 0 Å². The van der Waals surface area contributed by atoms with Gasteiger partial charge >= 0.3 is 0 Å². The molecular formula is C43H26N6. The number of benzene rings is 6. The van der Waals surface area contributed by atoms with Gasteiger partial charge in [0.25, 0.3) is 0 Å². The molecule has 0 N–H and O–H groups in total. The van der Waals surface area contributed by atoms with Gasteiger partial charge in [0.15, 0.2) is 5.82 Å². The molecule has 5 heterocycles. The molecule has 0 bridgehead atoms. The highest BCUT2D eigenvalue weighted by molar-refractivity contribution is 6.19.